The molecule has 0 fully saturated rings. The van der Waals surface area contributed by atoms with Gasteiger partial charge in [-0.25, -0.2) is 0 Å². The molecule has 0 spiro atoms. The highest BCUT2D eigenvalue weighted by atomic mass is 16.4. The Morgan fingerprint density at radius 1 is 1.15 bits per heavy atom. The minimum atomic E-state index is -1.04. The lowest BCUT2D eigenvalue weighted by Crippen LogP contribution is -2.19. The van der Waals surface area contributed by atoms with Crippen LogP contribution in [0.5, 0.6) is 5.75 Å². The first kappa shape index (κ1) is 25.9. The Morgan fingerprint density at radius 3 is 2.55 bits per heavy atom. The summed E-state index contributed by atoms with van der Waals surface area (Å²) in [6.07, 6.45) is 14.8. The van der Waals surface area contributed by atoms with E-state index < -0.39 is 11.9 Å². The zero-order chi connectivity index (χ0) is 24.6. The standard InChI is InChI=1S/C28H35NO4/c1-19(14-15-23-21(3)11-8-16-28(23,4)5)9-6-10-20(2)17-25(31)29-27-22(18-26(32)33)12-7-13-24(27)30/h6-7,9-10,12-15,17,30H,8,11,16,18H2,1-5H3,(H,29,31)(H,32,33). The summed E-state index contributed by atoms with van der Waals surface area (Å²) in [5, 5.41) is 21.6. The molecule has 0 bridgehead atoms. The van der Waals surface area contributed by atoms with Gasteiger partial charge in [-0.3, -0.25) is 9.59 Å². The number of hydrogen-bond donors (Lipinski definition) is 3. The van der Waals surface area contributed by atoms with E-state index >= 15 is 0 Å². The number of phenols is 1. The van der Waals surface area contributed by atoms with Crippen molar-refractivity contribution < 1.29 is 19.8 Å². The number of allylic oxidation sites excluding steroid dienone is 9. The van der Waals surface area contributed by atoms with Gasteiger partial charge >= 0.3 is 5.97 Å². The molecule has 1 aromatic rings. The first-order valence-electron chi connectivity index (χ1n) is 11.2. The van der Waals surface area contributed by atoms with Gasteiger partial charge in [0.2, 0.25) is 5.91 Å². The molecule has 0 saturated heterocycles. The molecule has 0 unspecified atom stereocenters. The summed E-state index contributed by atoms with van der Waals surface area (Å²) in [4.78, 5) is 23.4. The lowest BCUT2D eigenvalue weighted by atomic mass is 9.72. The van der Waals surface area contributed by atoms with Gasteiger partial charge in [0.1, 0.15) is 5.75 Å². The molecule has 0 heterocycles. The number of para-hydroxylation sites is 1. The number of aromatic hydroxyl groups is 1. The van der Waals surface area contributed by atoms with Gasteiger partial charge in [0.25, 0.3) is 0 Å². The number of anilines is 1. The van der Waals surface area contributed by atoms with E-state index in [9.17, 15) is 14.7 Å². The van der Waals surface area contributed by atoms with E-state index in [1.165, 1.54) is 36.1 Å². The molecule has 1 aliphatic rings. The minimum absolute atomic E-state index is 0.119. The Balaban J connectivity index is 2.05. The average molecular weight is 450 g/mol. The Kier molecular flexibility index (Phi) is 9.03. The van der Waals surface area contributed by atoms with Gasteiger partial charge in [-0.2, -0.15) is 0 Å². The van der Waals surface area contributed by atoms with E-state index in [0.29, 0.717) is 5.56 Å². The van der Waals surface area contributed by atoms with Gasteiger partial charge in [-0.15, -0.1) is 0 Å². The third kappa shape index (κ3) is 7.94. The van der Waals surface area contributed by atoms with Crippen LogP contribution in [0.25, 0.3) is 0 Å². The number of carbonyl (C=O) groups is 2. The number of carboxylic acids is 1. The zero-order valence-electron chi connectivity index (χ0n) is 20.2. The van der Waals surface area contributed by atoms with Crippen LogP contribution in [0.15, 0.2) is 76.9 Å². The zero-order valence-corrected chi connectivity index (χ0v) is 20.2. The van der Waals surface area contributed by atoms with Crippen LogP contribution in [-0.2, 0) is 16.0 Å². The maximum absolute atomic E-state index is 12.4. The molecule has 5 nitrogen and oxygen atoms in total. The molecule has 5 heteroatoms. The van der Waals surface area contributed by atoms with Gasteiger partial charge in [-0.1, -0.05) is 67.5 Å². The van der Waals surface area contributed by atoms with Gasteiger partial charge in [0.05, 0.1) is 12.1 Å². The van der Waals surface area contributed by atoms with Crippen molar-refractivity contribution in [2.75, 3.05) is 5.32 Å². The molecule has 3 N–H and O–H groups in total. The quantitative estimate of drug-likeness (QED) is 0.240. The maximum atomic E-state index is 12.4. The predicted molar refractivity (Wildman–Crippen MR) is 134 cm³/mol. The summed E-state index contributed by atoms with van der Waals surface area (Å²) < 4.78 is 0. The minimum Gasteiger partial charge on any atom is -0.506 e. The number of phenolic OH excluding ortho intramolecular Hbond substituents is 1. The van der Waals surface area contributed by atoms with Gasteiger partial charge in [-0.05, 0) is 68.2 Å². The number of benzene rings is 1. The van der Waals surface area contributed by atoms with Crippen LogP contribution in [0.2, 0.25) is 0 Å². The number of amides is 1. The SMILES string of the molecule is CC(C=CC1=C(C)CCCC1(C)C)=CC=CC(C)=CC(=O)Nc1c(O)cccc1CC(=O)O. The van der Waals surface area contributed by atoms with Gasteiger partial charge < -0.3 is 15.5 Å². The van der Waals surface area contributed by atoms with Crippen molar-refractivity contribution in [3.05, 3.63) is 82.5 Å². The molecule has 0 radical (unpaired) electrons. The van der Waals surface area contributed by atoms with Gasteiger partial charge in [0, 0.05) is 6.08 Å². The number of nitrogens with one attached hydrogen (secondary N) is 1. The topological polar surface area (TPSA) is 86.6 Å². The molecular formula is C28H35NO4. The van der Waals surface area contributed by atoms with Crippen molar-refractivity contribution in [1.82, 2.24) is 0 Å². The van der Waals surface area contributed by atoms with Crippen molar-refractivity contribution >= 4 is 17.6 Å². The molecule has 0 atom stereocenters. The summed E-state index contributed by atoms with van der Waals surface area (Å²) in [6, 6.07) is 4.51. The Morgan fingerprint density at radius 2 is 1.88 bits per heavy atom. The van der Waals surface area contributed by atoms with Crippen molar-refractivity contribution in [2.24, 2.45) is 5.41 Å². The van der Waals surface area contributed by atoms with E-state index in [4.69, 9.17) is 5.11 Å². The number of carbonyl (C=O) groups excluding carboxylic acids is 1. The fourth-order valence-corrected chi connectivity index (χ4v) is 4.09. The largest absolute Gasteiger partial charge is 0.506 e. The highest BCUT2D eigenvalue weighted by Crippen LogP contribution is 2.40. The maximum Gasteiger partial charge on any atom is 0.307 e. The van der Waals surface area contributed by atoms with E-state index in [-0.39, 0.29) is 23.3 Å². The van der Waals surface area contributed by atoms with E-state index in [1.54, 1.807) is 19.1 Å². The molecule has 1 aromatic carbocycles. The molecule has 33 heavy (non-hydrogen) atoms. The Labute approximate surface area is 196 Å². The first-order valence-corrected chi connectivity index (χ1v) is 11.2. The third-order valence-corrected chi connectivity index (χ3v) is 5.85. The number of aliphatic carboxylic acids is 1. The normalized spacial score (nSPS) is 17.1. The van der Waals surface area contributed by atoms with Crippen molar-refractivity contribution in [3.63, 3.8) is 0 Å². The van der Waals surface area contributed by atoms with Crippen molar-refractivity contribution in [2.45, 2.75) is 60.3 Å². The molecule has 0 saturated carbocycles. The highest BCUT2D eigenvalue weighted by molar-refractivity contribution is 6.01. The monoisotopic (exact) mass is 449 g/mol. The summed E-state index contributed by atoms with van der Waals surface area (Å²) in [5.74, 6) is -1.64. The number of carboxylic acid groups (broad SMARTS) is 1. The molecule has 1 aliphatic carbocycles. The van der Waals surface area contributed by atoms with Gasteiger partial charge in [0.15, 0.2) is 0 Å². The van der Waals surface area contributed by atoms with Crippen LogP contribution in [0.1, 0.15) is 59.4 Å². The van der Waals surface area contributed by atoms with Crippen LogP contribution in [0.4, 0.5) is 5.69 Å². The average Bonchev–Trinajstić information content (AvgIpc) is 2.69. The van der Waals surface area contributed by atoms with Crippen LogP contribution >= 0.6 is 0 Å². The third-order valence-electron chi connectivity index (χ3n) is 5.85. The van der Waals surface area contributed by atoms with Crippen molar-refractivity contribution in [3.8, 4) is 5.75 Å². The first-order chi connectivity index (χ1) is 15.5. The van der Waals surface area contributed by atoms with E-state index in [0.717, 1.165) is 17.6 Å². The smallest absolute Gasteiger partial charge is 0.307 e. The second-order valence-electron chi connectivity index (χ2n) is 9.29. The fraction of sp³-hybridized carbons (Fsp3) is 0.357. The summed E-state index contributed by atoms with van der Waals surface area (Å²) in [6.45, 7) is 10.7. The predicted octanol–water partition coefficient (Wildman–Crippen LogP) is 6.49. The molecule has 1 amide bonds. The molecule has 176 valence electrons. The summed E-state index contributed by atoms with van der Waals surface area (Å²) in [5.41, 5.74) is 5.39. The van der Waals surface area contributed by atoms with Crippen LogP contribution in [0.3, 0.4) is 0 Å². The van der Waals surface area contributed by atoms with Crippen LogP contribution in [0, 0.1) is 5.41 Å². The molecule has 0 aromatic heterocycles. The van der Waals surface area contributed by atoms with E-state index in [2.05, 4.69) is 38.2 Å². The van der Waals surface area contributed by atoms with Crippen molar-refractivity contribution in [1.29, 1.82) is 0 Å². The Hall–Kier alpha value is -3.34. The highest BCUT2D eigenvalue weighted by Gasteiger charge is 2.26. The lowest BCUT2D eigenvalue weighted by Gasteiger charge is -2.32. The molecule has 2 rings (SSSR count). The summed E-state index contributed by atoms with van der Waals surface area (Å²) >= 11 is 0. The second kappa shape index (κ2) is 11.5. The Bertz CT molecular complexity index is 1050. The summed E-state index contributed by atoms with van der Waals surface area (Å²) in [7, 11) is 0. The number of hydrogen-bond acceptors (Lipinski definition) is 3. The number of rotatable bonds is 8. The van der Waals surface area contributed by atoms with Crippen LogP contribution in [-0.4, -0.2) is 22.1 Å². The second-order valence-corrected chi connectivity index (χ2v) is 9.29. The van der Waals surface area contributed by atoms with Crippen LogP contribution < -0.4 is 5.32 Å². The molecule has 0 aliphatic heterocycles. The fourth-order valence-electron chi connectivity index (χ4n) is 4.09. The van der Waals surface area contributed by atoms with E-state index in [1.807, 2.05) is 25.2 Å². The molecular weight excluding hydrogens is 414 g/mol. The lowest BCUT2D eigenvalue weighted by molar-refractivity contribution is -0.136.